The lowest BCUT2D eigenvalue weighted by atomic mass is 10.2. The molecule has 1 unspecified atom stereocenters. The molecule has 0 spiro atoms. The molecule has 7 nitrogen and oxygen atoms in total. The summed E-state index contributed by atoms with van der Waals surface area (Å²) in [5.74, 6) is 3.16. The van der Waals surface area contributed by atoms with Gasteiger partial charge in [-0.25, -0.2) is 0 Å². The number of para-hydroxylation sites is 2. The molecule has 0 amide bonds. The van der Waals surface area contributed by atoms with Gasteiger partial charge in [-0.1, -0.05) is 24.3 Å². The van der Waals surface area contributed by atoms with E-state index in [9.17, 15) is 0 Å². The molecule has 0 saturated carbocycles. The van der Waals surface area contributed by atoms with Crippen LogP contribution in [0.25, 0.3) is 0 Å². The SMILES string of the molecule is CN=C(NCc1cccc(OCCN(C)C)c1)NCC1COc2ccccc2O1. The molecule has 1 atom stereocenters. The number of nitrogens with one attached hydrogen (secondary N) is 2. The van der Waals surface area contributed by atoms with Crippen molar-refractivity contribution < 1.29 is 14.2 Å². The van der Waals surface area contributed by atoms with Crippen LogP contribution in [-0.2, 0) is 6.54 Å². The van der Waals surface area contributed by atoms with Gasteiger partial charge in [-0.15, -0.1) is 0 Å². The van der Waals surface area contributed by atoms with Gasteiger partial charge in [-0.2, -0.15) is 0 Å². The normalized spacial score (nSPS) is 15.9. The fourth-order valence-electron chi connectivity index (χ4n) is 2.87. The second kappa shape index (κ2) is 10.6. The Kier molecular flexibility index (Phi) is 7.58. The van der Waals surface area contributed by atoms with Crippen molar-refractivity contribution in [3.05, 3.63) is 54.1 Å². The maximum absolute atomic E-state index is 5.97. The van der Waals surface area contributed by atoms with Crippen molar-refractivity contribution in [1.29, 1.82) is 0 Å². The molecule has 1 aliphatic rings. The number of likely N-dealkylation sites (N-methyl/N-ethyl adjacent to an activating group) is 1. The summed E-state index contributed by atoms with van der Waals surface area (Å²) in [5, 5.41) is 6.62. The molecule has 1 heterocycles. The first-order chi connectivity index (χ1) is 14.1. The lowest BCUT2D eigenvalue weighted by Gasteiger charge is -2.27. The van der Waals surface area contributed by atoms with E-state index in [0.29, 0.717) is 32.3 Å². The Morgan fingerprint density at radius 1 is 1.14 bits per heavy atom. The molecule has 2 aromatic rings. The first-order valence-electron chi connectivity index (χ1n) is 9.83. The summed E-state index contributed by atoms with van der Waals surface area (Å²) in [7, 11) is 5.82. The number of nitrogens with zero attached hydrogens (tertiary/aromatic N) is 2. The topological polar surface area (TPSA) is 67.4 Å². The zero-order valence-electron chi connectivity index (χ0n) is 17.4. The van der Waals surface area contributed by atoms with Gasteiger partial charge in [-0.3, -0.25) is 4.99 Å². The summed E-state index contributed by atoms with van der Waals surface area (Å²) in [6.07, 6.45) is -0.0723. The van der Waals surface area contributed by atoms with E-state index in [-0.39, 0.29) is 6.10 Å². The Hall–Kier alpha value is -2.93. The zero-order valence-corrected chi connectivity index (χ0v) is 17.4. The van der Waals surface area contributed by atoms with E-state index in [1.165, 1.54) is 0 Å². The van der Waals surface area contributed by atoms with Gasteiger partial charge in [0.25, 0.3) is 0 Å². The van der Waals surface area contributed by atoms with E-state index >= 15 is 0 Å². The molecule has 0 aromatic heterocycles. The molecule has 0 bridgehead atoms. The maximum Gasteiger partial charge on any atom is 0.191 e. The second-order valence-corrected chi connectivity index (χ2v) is 7.10. The first-order valence-corrected chi connectivity index (χ1v) is 9.83. The average molecular weight is 399 g/mol. The lowest BCUT2D eigenvalue weighted by Crippen LogP contribution is -2.45. The minimum Gasteiger partial charge on any atom is -0.492 e. The number of hydrogen-bond acceptors (Lipinski definition) is 5. The van der Waals surface area contributed by atoms with Crippen LogP contribution in [0.3, 0.4) is 0 Å². The minimum atomic E-state index is -0.0723. The van der Waals surface area contributed by atoms with Gasteiger partial charge in [0.1, 0.15) is 25.1 Å². The molecule has 2 aromatic carbocycles. The predicted octanol–water partition coefficient (Wildman–Crippen LogP) is 2.13. The third kappa shape index (κ3) is 6.57. The highest BCUT2D eigenvalue weighted by molar-refractivity contribution is 5.79. The highest BCUT2D eigenvalue weighted by Gasteiger charge is 2.20. The number of guanidine groups is 1. The van der Waals surface area contributed by atoms with Crippen molar-refractivity contribution >= 4 is 5.96 Å². The van der Waals surface area contributed by atoms with E-state index in [1.807, 2.05) is 56.6 Å². The quantitative estimate of drug-likeness (QED) is 0.525. The average Bonchev–Trinajstić information content (AvgIpc) is 2.74. The molecule has 0 fully saturated rings. The van der Waals surface area contributed by atoms with Gasteiger partial charge >= 0.3 is 0 Å². The van der Waals surface area contributed by atoms with Crippen LogP contribution in [-0.4, -0.2) is 64.4 Å². The Balaban J connectivity index is 1.44. The van der Waals surface area contributed by atoms with E-state index in [0.717, 1.165) is 29.4 Å². The van der Waals surface area contributed by atoms with Gasteiger partial charge in [-0.05, 0) is 43.9 Å². The summed E-state index contributed by atoms with van der Waals surface area (Å²) >= 11 is 0. The van der Waals surface area contributed by atoms with Crippen molar-refractivity contribution in [2.45, 2.75) is 12.6 Å². The van der Waals surface area contributed by atoms with Crippen molar-refractivity contribution in [2.75, 3.05) is 47.4 Å². The van der Waals surface area contributed by atoms with Crippen LogP contribution in [0.1, 0.15) is 5.56 Å². The number of rotatable bonds is 8. The minimum absolute atomic E-state index is 0.0723. The summed E-state index contributed by atoms with van der Waals surface area (Å²) in [6.45, 7) is 3.31. The number of fused-ring (bicyclic) bond motifs is 1. The van der Waals surface area contributed by atoms with Gasteiger partial charge < -0.3 is 29.7 Å². The number of ether oxygens (including phenoxy) is 3. The van der Waals surface area contributed by atoms with Crippen molar-refractivity contribution in [3.63, 3.8) is 0 Å². The van der Waals surface area contributed by atoms with Gasteiger partial charge in [0.05, 0.1) is 6.54 Å². The summed E-state index contributed by atoms with van der Waals surface area (Å²) in [4.78, 5) is 6.38. The standard InChI is InChI=1S/C22H30N4O3/c1-23-22(25-15-19-16-28-20-9-4-5-10-21(20)29-19)24-14-17-7-6-8-18(13-17)27-12-11-26(2)3/h4-10,13,19H,11-12,14-16H2,1-3H3,(H2,23,24,25). The van der Waals surface area contributed by atoms with Crippen LogP contribution in [0.15, 0.2) is 53.5 Å². The second-order valence-electron chi connectivity index (χ2n) is 7.10. The largest absolute Gasteiger partial charge is 0.492 e. The van der Waals surface area contributed by atoms with E-state index in [1.54, 1.807) is 7.05 Å². The maximum atomic E-state index is 5.97. The summed E-state index contributed by atoms with van der Waals surface area (Å²) in [5.41, 5.74) is 1.13. The lowest BCUT2D eigenvalue weighted by molar-refractivity contribution is 0.0936. The van der Waals surface area contributed by atoms with E-state index < -0.39 is 0 Å². The Labute approximate surface area is 172 Å². The predicted molar refractivity (Wildman–Crippen MR) is 115 cm³/mol. The molecule has 29 heavy (non-hydrogen) atoms. The highest BCUT2D eigenvalue weighted by atomic mass is 16.6. The van der Waals surface area contributed by atoms with Crippen molar-refractivity contribution in [3.8, 4) is 17.2 Å². The van der Waals surface area contributed by atoms with Crippen molar-refractivity contribution in [2.24, 2.45) is 4.99 Å². The molecular weight excluding hydrogens is 368 g/mol. The Morgan fingerprint density at radius 3 is 2.76 bits per heavy atom. The number of hydrogen-bond donors (Lipinski definition) is 2. The Morgan fingerprint density at radius 2 is 1.97 bits per heavy atom. The van der Waals surface area contributed by atoms with Crippen LogP contribution >= 0.6 is 0 Å². The van der Waals surface area contributed by atoms with Gasteiger partial charge in [0, 0.05) is 20.1 Å². The molecule has 3 rings (SSSR count). The van der Waals surface area contributed by atoms with Crippen LogP contribution in [0.5, 0.6) is 17.2 Å². The molecule has 0 aliphatic carbocycles. The molecule has 1 aliphatic heterocycles. The van der Waals surface area contributed by atoms with Crippen LogP contribution in [0.4, 0.5) is 0 Å². The number of benzene rings is 2. The van der Waals surface area contributed by atoms with E-state index in [2.05, 4.69) is 26.6 Å². The van der Waals surface area contributed by atoms with E-state index in [4.69, 9.17) is 14.2 Å². The molecule has 0 saturated heterocycles. The molecule has 0 radical (unpaired) electrons. The third-order valence-electron chi connectivity index (χ3n) is 4.45. The molecule has 156 valence electrons. The first kappa shape index (κ1) is 20.8. The summed E-state index contributed by atoms with van der Waals surface area (Å²) in [6, 6.07) is 15.8. The van der Waals surface area contributed by atoms with Crippen LogP contribution in [0, 0.1) is 0 Å². The monoisotopic (exact) mass is 398 g/mol. The number of aliphatic imine (C=N–C) groups is 1. The summed E-state index contributed by atoms with van der Waals surface area (Å²) < 4.78 is 17.5. The molecule has 7 heteroatoms. The molecule has 2 N–H and O–H groups in total. The van der Waals surface area contributed by atoms with Crippen LogP contribution < -0.4 is 24.8 Å². The fraction of sp³-hybridized carbons (Fsp3) is 0.409. The molecular formula is C22H30N4O3. The Bertz CT molecular complexity index is 810. The third-order valence-corrected chi connectivity index (χ3v) is 4.45. The highest BCUT2D eigenvalue weighted by Crippen LogP contribution is 2.30. The van der Waals surface area contributed by atoms with Crippen molar-refractivity contribution in [1.82, 2.24) is 15.5 Å². The van der Waals surface area contributed by atoms with Crippen LogP contribution in [0.2, 0.25) is 0 Å². The fourth-order valence-corrected chi connectivity index (χ4v) is 2.87. The van der Waals surface area contributed by atoms with Gasteiger partial charge in [0.15, 0.2) is 17.5 Å². The van der Waals surface area contributed by atoms with Gasteiger partial charge in [0.2, 0.25) is 0 Å². The zero-order chi connectivity index (χ0) is 20.5. The smallest absolute Gasteiger partial charge is 0.191 e.